The Balaban J connectivity index is 1.09. The molecule has 0 spiro atoms. The Morgan fingerprint density at radius 2 is 1.68 bits per heavy atom. The number of amides is 3. The zero-order chi connectivity index (χ0) is 39.9. The number of anilines is 3. The van der Waals surface area contributed by atoms with Gasteiger partial charge in [0.15, 0.2) is 0 Å². The van der Waals surface area contributed by atoms with Gasteiger partial charge in [-0.05, 0) is 43.3 Å². The number of hydrogen-bond acceptors (Lipinski definition) is 10. The van der Waals surface area contributed by atoms with Crippen LogP contribution in [0.4, 0.5) is 22.2 Å². The van der Waals surface area contributed by atoms with E-state index in [-0.39, 0.29) is 29.4 Å². The molecule has 4 N–H and O–H groups in total. The summed E-state index contributed by atoms with van der Waals surface area (Å²) in [4.78, 5) is 38.0. The lowest BCUT2D eigenvalue weighted by atomic mass is 9.92. The molecule has 294 valence electrons. The summed E-state index contributed by atoms with van der Waals surface area (Å²) in [6, 6.07) is 31.3. The SMILES string of the molecule is COC1COCCN1CC(NC(=O)c1ccccc1)Nc1nccc(Oc2ccc(NC(=O)Nc3cc(C(C)(C)C)nn3-c3ccc(C)cc3)c3ccccc23)n1. The molecule has 14 heteroatoms. The molecule has 4 aromatic carbocycles. The molecule has 1 aliphatic rings. The van der Waals surface area contributed by atoms with Gasteiger partial charge >= 0.3 is 6.03 Å². The summed E-state index contributed by atoms with van der Waals surface area (Å²) in [5.41, 5.74) is 3.70. The zero-order valence-corrected chi connectivity index (χ0v) is 32.7. The number of hydrogen-bond donors (Lipinski definition) is 4. The molecule has 7 rings (SSSR count). The van der Waals surface area contributed by atoms with E-state index in [4.69, 9.17) is 19.3 Å². The number of nitrogens with one attached hydrogen (secondary N) is 4. The number of morpholine rings is 1. The van der Waals surface area contributed by atoms with Crippen molar-refractivity contribution in [2.24, 2.45) is 0 Å². The van der Waals surface area contributed by atoms with Crippen LogP contribution in [0, 0.1) is 6.92 Å². The molecule has 1 fully saturated rings. The van der Waals surface area contributed by atoms with Crippen LogP contribution in [0.1, 0.15) is 42.4 Å². The molecule has 57 heavy (non-hydrogen) atoms. The van der Waals surface area contributed by atoms with Crippen LogP contribution in [0.3, 0.4) is 0 Å². The largest absolute Gasteiger partial charge is 0.438 e. The van der Waals surface area contributed by atoms with E-state index in [9.17, 15) is 9.59 Å². The molecule has 3 amide bonds. The fourth-order valence-electron chi connectivity index (χ4n) is 6.43. The summed E-state index contributed by atoms with van der Waals surface area (Å²) >= 11 is 0. The second kappa shape index (κ2) is 17.2. The van der Waals surface area contributed by atoms with E-state index in [1.807, 2.05) is 79.7 Å². The van der Waals surface area contributed by atoms with Gasteiger partial charge in [-0.1, -0.05) is 80.9 Å². The summed E-state index contributed by atoms with van der Waals surface area (Å²) in [7, 11) is 1.63. The van der Waals surface area contributed by atoms with E-state index < -0.39 is 12.2 Å². The summed E-state index contributed by atoms with van der Waals surface area (Å²) in [6.45, 7) is 10.3. The first-order valence-electron chi connectivity index (χ1n) is 18.8. The van der Waals surface area contributed by atoms with E-state index in [0.717, 1.165) is 27.7 Å². The van der Waals surface area contributed by atoms with Crippen molar-refractivity contribution < 1.29 is 23.8 Å². The third-order valence-corrected chi connectivity index (χ3v) is 9.50. The molecule has 2 unspecified atom stereocenters. The second-order valence-corrected chi connectivity index (χ2v) is 14.8. The topological polar surface area (TPSA) is 157 Å². The summed E-state index contributed by atoms with van der Waals surface area (Å²) < 4.78 is 19.3. The van der Waals surface area contributed by atoms with Crippen LogP contribution in [-0.4, -0.2) is 82.4 Å². The first kappa shape index (κ1) is 38.9. The highest BCUT2D eigenvalue weighted by Crippen LogP contribution is 2.34. The van der Waals surface area contributed by atoms with Gasteiger partial charge < -0.3 is 30.2 Å². The van der Waals surface area contributed by atoms with E-state index in [2.05, 4.69) is 56.9 Å². The number of rotatable bonds is 12. The Bertz CT molecular complexity index is 2330. The number of carbonyl (C=O) groups excluding carboxylic acids is 2. The zero-order valence-electron chi connectivity index (χ0n) is 32.7. The number of methoxy groups -OCH3 is 1. The number of carbonyl (C=O) groups is 2. The number of fused-ring (bicyclic) bond motifs is 1. The maximum atomic E-state index is 13.6. The minimum atomic E-state index is -0.586. The van der Waals surface area contributed by atoms with Gasteiger partial charge in [-0.25, -0.2) is 14.5 Å². The molecule has 1 saturated heterocycles. The molecule has 3 heterocycles. The molecule has 0 radical (unpaired) electrons. The fraction of sp³-hybridized carbons (Fsp3) is 0.279. The van der Waals surface area contributed by atoms with Crippen molar-refractivity contribution in [3.8, 4) is 17.3 Å². The number of nitrogens with zero attached hydrogens (tertiary/aromatic N) is 5. The van der Waals surface area contributed by atoms with Crippen LogP contribution in [0.25, 0.3) is 16.5 Å². The average Bonchev–Trinajstić information content (AvgIpc) is 3.64. The third-order valence-electron chi connectivity index (χ3n) is 9.50. The van der Waals surface area contributed by atoms with Crippen molar-refractivity contribution in [2.75, 3.05) is 49.4 Å². The van der Waals surface area contributed by atoms with Crippen LogP contribution >= 0.6 is 0 Å². The Kier molecular flexibility index (Phi) is 11.7. The average molecular weight is 770 g/mol. The lowest BCUT2D eigenvalue weighted by molar-refractivity contribution is -0.125. The molecule has 2 aromatic heterocycles. The molecule has 14 nitrogen and oxygen atoms in total. The Morgan fingerprint density at radius 3 is 2.44 bits per heavy atom. The monoisotopic (exact) mass is 769 g/mol. The van der Waals surface area contributed by atoms with Crippen molar-refractivity contribution in [1.82, 2.24) is 30.0 Å². The first-order chi connectivity index (χ1) is 27.5. The van der Waals surface area contributed by atoms with Gasteiger partial charge in [-0.15, -0.1) is 0 Å². The van der Waals surface area contributed by atoms with Gasteiger partial charge in [-0.2, -0.15) is 10.1 Å². The quantitative estimate of drug-likeness (QED) is 0.0930. The second-order valence-electron chi connectivity index (χ2n) is 14.8. The van der Waals surface area contributed by atoms with E-state index in [1.165, 1.54) is 0 Å². The van der Waals surface area contributed by atoms with Crippen LogP contribution < -0.4 is 26.0 Å². The first-order valence-corrected chi connectivity index (χ1v) is 18.8. The van der Waals surface area contributed by atoms with Crippen molar-refractivity contribution >= 4 is 40.2 Å². The molecule has 0 aliphatic carbocycles. The van der Waals surface area contributed by atoms with Crippen molar-refractivity contribution in [2.45, 2.75) is 45.5 Å². The van der Waals surface area contributed by atoms with Gasteiger partial charge in [0.05, 0.1) is 30.3 Å². The maximum absolute atomic E-state index is 13.6. The van der Waals surface area contributed by atoms with Crippen molar-refractivity contribution in [3.63, 3.8) is 0 Å². The molecular formula is C43H47N9O5. The van der Waals surface area contributed by atoms with E-state index in [0.29, 0.717) is 49.1 Å². The Labute approximate surface area is 331 Å². The molecule has 6 aromatic rings. The van der Waals surface area contributed by atoms with Gasteiger partial charge in [0.1, 0.15) is 24.0 Å². The molecule has 2 atom stereocenters. The number of ether oxygens (including phenoxy) is 3. The van der Waals surface area contributed by atoms with Gasteiger partial charge in [0.2, 0.25) is 11.8 Å². The molecule has 0 saturated carbocycles. The predicted molar refractivity (Wildman–Crippen MR) is 220 cm³/mol. The molecular weight excluding hydrogens is 723 g/mol. The van der Waals surface area contributed by atoms with Crippen LogP contribution in [0.2, 0.25) is 0 Å². The minimum Gasteiger partial charge on any atom is -0.438 e. The summed E-state index contributed by atoms with van der Waals surface area (Å²) in [6.07, 6.45) is 0.728. The fourth-order valence-corrected chi connectivity index (χ4v) is 6.43. The Hall–Kier alpha value is -6.35. The number of benzene rings is 4. The minimum absolute atomic E-state index is 0.230. The van der Waals surface area contributed by atoms with Gasteiger partial charge in [0.25, 0.3) is 5.91 Å². The molecule has 0 bridgehead atoms. The highest BCUT2D eigenvalue weighted by atomic mass is 16.5. The smallest absolute Gasteiger partial charge is 0.324 e. The van der Waals surface area contributed by atoms with Crippen LogP contribution in [-0.2, 0) is 14.9 Å². The van der Waals surface area contributed by atoms with Crippen molar-refractivity contribution in [3.05, 3.63) is 126 Å². The predicted octanol–water partition coefficient (Wildman–Crippen LogP) is 7.33. The number of aromatic nitrogens is 4. The highest BCUT2D eigenvalue weighted by molar-refractivity contribution is 6.07. The lowest BCUT2D eigenvalue weighted by Gasteiger charge is -2.36. The van der Waals surface area contributed by atoms with E-state index >= 15 is 0 Å². The molecule has 1 aliphatic heterocycles. The number of urea groups is 1. The standard InChI is InChI=1S/C43H47N9O5/c1-28-15-17-30(18-16-28)52-37(25-35(50-52)43(2,3)4)48-42(54)45-33-19-20-34(32-14-10-9-13-31(32)33)57-38-21-22-44-41(49-38)47-36(26-51-23-24-56-27-39(51)55-5)46-40(53)29-11-7-6-8-12-29/h6-22,25,36,39H,23-24,26-27H2,1-5H3,(H,46,53)(H,44,47,49)(H2,45,48,54). The van der Waals surface area contributed by atoms with Crippen molar-refractivity contribution in [1.29, 1.82) is 0 Å². The van der Waals surface area contributed by atoms with Gasteiger partial charge in [0, 0.05) is 60.3 Å². The maximum Gasteiger partial charge on any atom is 0.324 e. The van der Waals surface area contributed by atoms with E-state index in [1.54, 1.807) is 48.3 Å². The third kappa shape index (κ3) is 9.55. The summed E-state index contributed by atoms with van der Waals surface area (Å²) in [5.74, 6) is 1.36. The Morgan fingerprint density at radius 1 is 0.930 bits per heavy atom. The normalized spacial score (nSPS) is 15.1. The number of aryl methyl sites for hydroxylation is 1. The van der Waals surface area contributed by atoms with Crippen LogP contribution in [0.15, 0.2) is 109 Å². The summed E-state index contributed by atoms with van der Waals surface area (Å²) in [5, 5.41) is 18.7. The highest BCUT2D eigenvalue weighted by Gasteiger charge is 2.27. The van der Waals surface area contributed by atoms with Crippen LogP contribution in [0.5, 0.6) is 11.6 Å². The van der Waals surface area contributed by atoms with Gasteiger partial charge in [-0.3, -0.25) is 15.0 Å². The lowest BCUT2D eigenvalue weighted by Crippen LogP contribution is -2.55.